The molecule has 0 radical (unpaired) electrons. The molecule has 2 saturated heterocycles. The van der Waals surface area contributed by atoms with Gasteiger partial charge in [0.1, 0.15) is 0 Å². The molecule has 2 fully saturated rings. The zero-order chi connectivity index (χ0) is 13.2. The number of pyridine rings is 1. The number of hydrogen-bond acceptors (Lipinski definition) is 3. The SMILES string of the molecule is O=C(c1cncc(Br)c1)N1CCCN2CCCC2C1. The molecule has 1 aromatic rings. The summed E-state index contributed by atoms with van der Waals surface area (Å²) in [4.78, 5) is 21.2. The Morgan fingerprint density at radius 3 is 2.95 bits per heavy atom. The summed E-state index contributed by atoms with van der Waals surface area (Å²) in [5.74, 6) is 0.113. The molecule has 1 unspecified atom stereocenters. The predicted octanol–water partition coefficient (Wildman–Crippen LogP) is 2.15. The van der Waals surface area contributed by atoms with Gasteiger partial charge >= 0.3 is 0 Å². The summed E-state index contributed by atoms with van der Waals surface area (Å²) in [6, 6.07) is 2.42. The molecule has 0 aliphatic carbocycles. The van der Waals surface area contributed by atoms with E-state index in [-0.39, 0.29) is 5.91 Å². The van der Waals surface area contributed by atoms with E-state index >= 15 is 0 Å². The minimum absolute atomic E-state index is 0.113. The Morgan fingerprint density at radius 2 is 2.11 bits per heavy atom. The Labute approximate surface area is 121 Å². The van der Waals surface area contributed by atoms with E-state index in [0.29, 0.717) is 11.6 Å². The van der Waals surface area contributed by atoms with Gasteiger partial charge in [0.25, 0.3) is 5.91 Å². The molecule has 2 aliphatic rings. The average molecular weight is 324 g/mol. The van der Waals surface area contributed by atoms with E-state index in [9.17, 15) is 4.79 Å². The van der Waals surface area contributed by atoms with Crippen LogP contribution < -0.4 is 0 Å². The van der Waals surface area contributed by atoms with Gasteiger partial charge in [-0.3, -0.25) is 14.7 Å². The standard InChI is InChI=1S/C14H18BrN3O/c15-12-7-11(8-16-9-12)14(19)18-6-2-5-17-4-1-3-13(17)10-18/h7-9,13H,1-6,10H2. The molecule has 0 spiro atoms. The van der Waals surface area contributed by atoms with Crippen LogP contribution in [0.15, 0.2) is 22.9 Å². The van der Waals surface area contributed by atoms with Crippen molar-refractivity contribution in [2.75, 3.05) is 26.2 Å². The zero-order valence-corrected chi connectivity index (χ0v) is 12.5. The first-order valence-electron chi connectivity index (χ1n) is 6.88. The summed E-state index contributed by atoms with van der Waals surface area (Å²) in [6.07, 6.45) is 6.93. The van der Waals surface area contributed by atoms with Crippen LogP contribution in [0.5, 0.6) is 0 Å². The monoisotopic (exact) mass is 323 g/mol. The highest BCUT2D eigenvalue weighted by atomic mass is 79.9. The molecule has 3 heterocycles. The van der Waals surface area contributed by atoms with Crippen molar-refractivity contribution in [3.63, 3.8) is 0 Å². The van der Waals surface area contributed by atoms with Gasteiger partial charge < -0.3 is 4.90 Å². The van der Waals surface area contributed by atoms with Gasteiger partial charge in [0.2, 0.25) is 0 Å². The number of fused-ring (bicyclic) bond motifs is 1. The van der Waals surface area contributed by atoms with Gasteiger partial charge in [-0.2, -0.15) is 0 Å². The molecule has 102 valence electrons. The maximum absolute atomic E-state index is 12.5. The van der Waals surface area contributed by atoms with Crippen molar-refractivity contribution in [1.82, 2.24) is 14.8 Å². The third-order valence-electron chi connectivity index (χ3n) is 4.04. The second-order valence-electron chi connectivity index (χ2n) is 5.33. The normalized spacial score (nSPS) is 24.1. The van der Waals surface area contributed by atoms with Crippen molar-refractivity contribution in [3.8, 4) is 0 Å². The van der Waals surface area contributed by atoms with E-state index < -0.39 is 0 Å². The fourth-order valence-electron chi connectivity index (χ4n) is 3.10. The van der Waals surface area contributed by atoms with Crippen LogP contribution >= 0.6 is 15.9 Å². The molecular formula is C14H18BrN3O. The molecule has 0 saturated carbocycles. The van der Waals surface area contributed by atoms with Gasteiger partial charge in [-0.15, -0.1) is 0 Å². The van der Waals surface area contributed by atoms with Crippen LogP contribution in [-0.4, -0.2) is 52.9 Å². The lowest BCUT2D eigenvalue weighted by Gasteiger charge is -2.25. The number of aromatic nitrogens is 1. The maximum atomic E-state index is 12.5. The van der Waals surface area contributed by atoms with Gasteiger partial charge in [-0.25, -0.2) is 0 Å². The van der Waals surface area contributed by atoms with Gasteiger partial charge in [-0.05, 0) is 47.8 Å². The van der Waals surface area contributed by atoms with Crippen molar-refractivity contribution in [2.24, 2.45) is 0 Å². The molecule has 1 atom stereocenters. The molecule has 0 aromatic carbocycles. The van der Waals surface area contributed by atoms with E-state index in [1.165, 1.54) is 19.4 Å². The second-order valence-corrected chi connectivity index (χ2v) is 6.24. The first kappa shape index (κ1) is 13.1. The number of hydrogen-bond donors (Lipinski definition) is 0. The van der Waals surface area contributed by atoms with Crippen molar-refractivity contribution >= 4 is 21.8 Å². The highest BCUT2D eigenvalue weighted by molar-refractivity contribution is 9.10. The largest absolute Gasteiger partial charge is 0.337 e. The maximum Gasteiger partial charge on any atom is 0.255 e. The highest BCUT2D eigenvalue weighted by Crippen LogP contribution is 2.22. The molecule has 1 amide bonds. The Hall–Kier alpha value is -0.940. The minimum atomic E-state index is 0.113. The van der Waals surface area contributed by atoms with E-state index in [1.807, 2.05) is 11.0 Å². The molecule has 2 aliphatic heterocycles. The van der Waals surface area contributed by atoms with Crippen LogP contribution in [0.1, 0.15) is 29.6 Å². The molecule has 4 nitrogen and oxygen atoms in total. The van der Waals surface area contributed by atoms with Crippen LogP contribution in [-0.2, 0) is 0 Å². The van der Waals surface area contributed by atoms with Gasteiger partial charge in [0, 0.05) is 42.5 Å². The van der Waals surface area contributed by atoms with Crippen molar-refractivity contribution in [1.29, 1.82) is 0 Å². The summed E-state index contributed by atoms with van der Waals surface area (Å²) in [5.41, 5.74) is 0.681. The quantitative estimate of drug-likeness (QED) is 0.794. The Bertz CT molecular complexity index is 480. The Morgan fingerprint density at radius 1 is 1.26 bits per heavy atom. The third-order valence-corrected chi connectivity index (χ3v) is 4.48. The molecule has 0 N–H and O–H groups in total. The van der Waals surface area contributed by atoms with E-state index in [2.05, 4.69) is 25.8 Å². The Kier molecular flexibility index (Phi) is 3.84. The van der Waals surface area contributed by atoms with E-state index in [4.69, 9.17) is 0 Å². The Balaban J connectivity index is 1.75. The first-order valence-corrected chi connectivity index (χ1v) is 7.67. The smallest absolute Gasteiger partial charge is 0.255 e. The minimum Gasteiger partial charge on any atom is -0.337 e. The average Bonchev–Trinajstić information content (AvgIpc) is 2.75. The number of rotatable bonds is 1. The van der Waals surface area contributed by atoms with Crippen molar-refractivity contribution in [3.05, 3.63) is 28.5 Å². The third kappa shape index (κ3) is 2.82. The summed E-state index contributed by atoms with van der Waals surface area (Å²) in [7, 11) is 0. The summed E-state index contributed by atoms with van der Waals surface area (Å²) in [6.45, 7) is 4.06. The molecule has 1 aromatic heterocycles. The molecule has 3 rings (SSSR count). The lowest BCUT2D eigenvalue weighted by Crippen LogP contribution is -2.39. The van der Waals surface area contributed by atoms with Crippen LogP contribution in [0.4, 0.5) is 0 Å². The van der Waals surface area contributed by atoms with Crippen molar-refractivity contribution < 1.29 is 4.79 Å². The summed E-state index contributed by atoms with van der Waals surface area (Å²) >= 11 is 3.37. The van der Waals surface area contributed by atoms with Crippen LogP contribution in [0.25, 0.3) is 0 Å². The lowest BCUT2D eigenvalue weighted by atomic mass is 10.2. The molecule has 5 heteroatoms. The summed E-state index contributed by atoms with van der Waals surface area (Å²) in [5, 5.41) is 0. The number of carbonyl (C=O) groups is 1. The number of carbonyl (C=O) groups excluding carboxylic acids is 1. The molecular weight excluding hydrogens is 306 g/mol. The second kappa shape index (κ2) is 5.59. The highest BCUT2D eigenvalue weighted by Gasteiger charge is 2.30. The number of nitrogens with zero attached hydrogens (tertiary/aromatic N) is 3. The lowest BCUT2D eigenvalue weighted by molar-refractivity contribution is 0.0743. The zero-order valence-electron chi connectivity index (χ0n) is 10.9. The van der Waals surface area contributed by atoms with Gasteiger partial charge in [-0.1, -0.05) is 0 Å². The van der Waals surface area contributed by atoms with Crippen LogP contribution in [0.2, 0.25) is 0 Å². The molecule has 0 bridgehead atoms. The fraction of sp³-hybridized carbons (Fsp3) is 0.571. The predicted molar refractivity (Wildman–Crippen MR) is 77.1 cm³/mol. The summed E-state index contributed by atoms with van der Waals surface area (Å²) < 4.78 is 0.857. The number of halogens is 1. The van der Waals surface area contributed by atoms with E-state index in [1.54, 1.807) is 12.4 Å². The van der Waals surface area contributed by atoms with Crippen LogP contribution in [0.3, 0.4) is 0 Å². The van der Waals surface area contributed by atoms with E-state index in [0.717, 1.165) is 30.5 Å². The first-order chi connectivity index (χ1) is 9.24. The van der Waals surface area contributed by atoms with Gasteiger partial charge in [0.15, 0.2) is 0 Å². The fourth-order valence-corrected chi connectivity index (χ4v) is 3.47. The van der Waals surface area contributed by atoms with Crippen molar-refractivity contribution in [2.45, 2.75) is 25.3 Å². The topological polar surface area (TPSA) is 36.4 Å². The number of amides is 1. The van der Waals surface area contributed by atoms with Crippen LogP contribution in [0, 0.1) is 0 Å². The van der Waals surface area contributed by atoms with Gasteiger partial charge in [0.05, 0.1) is 5.56 Å². The molecule has 19 heavy (non-hydrogen) atoms.